The van der Waals surface area contributed by atoms with Crippen molar-refractivity contribution in [3.63, 3.8) is 0 Å². The van der Waals surface area contributed by atoms with Crippen molar-refractivity contribution in [1.82, 2.24) is 5.32 Å². The molecule has 1 atom stereocenters. The summed E-state index contributed by atoms with van der Waals surface area (Å²) in [6.45, 7) is 3.27. The maximum atomic E-state index is 12.1. The minimum atomic E-state index is -1.27. The molecule has 5 N–H and O–H groups in total. The molecular weight excluding hydrogens is 266 g/mol. The van der Waals surface area contributed by atoms with Crippen LogP contribution in [0.4, 0.5) is 0 Å². The fourth-order valence-electron chi connectivity index (χ4n) is 1.86. The van der Waals surface area contributed by atoms with Gasteiger partial charge in [-0.2, -0.15) is 0 Å². The van der Waals surface area contributed by atoms with E-state index < -0.39 is 11.9 Å². The lowest BCUT2D eigenvalue weighted by Gasteiger charge is -2.27. The topological polar surface area (TPSA) is 90.4 Å². The number of hydrogen-bond acceptors (Lipinski definition) is 4. The standard InChI is InChI=1S/C13H16ClN3O2/c1-7-9(12(18)17-13(2,15)16)6-8-4-3-5-10(14)11(8)19-7/h3-7H,15-16H2,1-2H3,(H,17,18)/t7-/m1/s1. The monoisotopic (exact) mass is 281 g/mol. The molecule has 1 aromatic rings. The van der Waals surface area contributed by atoms with E-state index in [0.29, 0.717) is 16.3 Å². The predicted octanol–water partition coefficient (Wildman–Crippen LogP) is 1.21. The second-order valence-electron chi connectivity index (χ2n) is 4.75. The number of nitrogens with one attached hydrogen (secondary N) is 1. The summed E-state index contributed by atoms with van der Waals surface area (Å²) in [5.41, 5.74) is 12.3. The molecule has 19 heavy (non-hydrogen) atoms. The van der Waals surface area contributed by atoms with E-state index in [1.165, 1.54) is 6.92 Å². The predicted molar refractivity (Wildman–Crippen MR) is 74.4 cm³/mol. The van der Waals surface area contributed by atoms with Gasteiger partial charge in [-0.25, -0.2) is 0 Å². The minimum Gasteiger partial charge on any atom is -0.484 e. The van der Waals surface area contributed by atoms with Gasteiger partial charge in [0, 0.05) is 5.56 Å². The summed E-state index contributed by atoms with van der Waals surface area (Å²) < 4.78 is 5.67. The van der Waals surface area contributed by atoms with Gasteiger partial charge in [0.2, 0.25) is 0 Å². The van der Waals surface area contributed by atoms with Crippen LogP contribution in [0.3, 0.4) is 0 Å². The zero-order chi connectivity index (χ0) is 14.2. The Morgan fingerprint density at radius 2 is 2.16 bits per heavy atom. The first-order chi connectivity index (χ1) is 8.78. The van der Waals surface area contributed by atoms with Crippen molar-refractivity contribution < 1.29 is 9.53 Å². The van der Waals surface area contributed by atoms with Crippen molar-refractivity contribution in [3.05, 3.63) is 34.4 Å². The molecule has 0 bridgehead atoms. The highest BCUT2D eigenvalue weighted by Crippen LogP contribution is 2.35. The number of nitrogens with two attached hydrogens (primary N) is 2. The van der Waals surface area contributed by atoms with E-state index in [9.17, 15) is 4.79 Å². The lowest BCUT2D eigenvalue weighted by Crippen LogP contribution is -2.61. The third-order valence-corrected chi connectivity index (χ3v) is 2.98. The SMILES string of the molecule is C[C@H]1Oc2c(Cl)cccc2C=C1C(=O)NC(C)(N)N. The quantitative estimate of drug-likeness (QED) is 0.711. The van der Waals surface area contributed by atoms with Crippen LogP contribution < -0.4 is 21.5 Å². The summed E-state index contributed by atoms with van der Waals surface area (Å²) in [7, 11) is 0. The molecule has 0 unspecified atom stereocenters. The smallest absolute Gasteiger partial charge is 0.253 e. The minimum absolute atomic E-state index is 0.356. The molecule has 2 rings (SSSR count). The molecule has 0 aromatic heterocycles. The largest absolute Gasteiger partial charge is 0.484 e. The van der Waals surface area contributed by atoms with Crippen LogP contribution in [0.15, 0.2) is 23.8 Å². The van der Waals surface area contributed by atoms with E-state index in [2.05, 4.69) is 5.32 Å². The number of rotatable bonds is 2. The summed E-state index contributed by atoms with van der Waals surface area (Å²) in [6, 6.07) is 5.36. The van der Waals surface area contributed by atoms with Crippen LogP contribution in [0.25, 0.3) is 6.08 Å². The van der Waals surface area contributed by atoms with Crippen molar-refractivity contribution in [2.45, 2.75) is 25.7 Å². The number of carbonyl (C=O) groups excluding carboxylic acids is 1. The zero-order valence-electron chi connectivity index (χ0n) is 10.7. The Morgan fingerprint density at radius 3 is 2.79 bits per heavy atom. The van der Waals surface area contributed by atoms with Gasteiger partial charge in [0.15, 0.2) is 0 Å². The normalized spacial score (nSPS) is 18.2. The molecule has 0 spiro atoms. The van der Waals surface area contributed by atoms with Crippen LogP contribution in [0.1, 0.15) is 19.4 Å². The van der Waals surface area contributed by atoms with Gasteiger partial charge < -0.3 is 10.1 Å². The molecule has 102 valence electrons. The summed E-state index contributed by atoms with van der Waals surface area (Å²) in [6.07, 6.45) is 1.31. The number of halogens is 1. The van der Waals surface area contributed by atoms with Gasteiger partial charge in [-0.3, -0.25) is 16.3 Å². The summed E-state index contributed by atoms with van der Waals surface area (Å²) >= 11 is 6.05. The van der Waals surface area contributed by atoms with E-state index in [-0.39, 0.29) is 5.91 Å². The van der Waals surface area contributed by atoms with Crippen LogP contribution in [0.2, 0.25) is 5.02 Å². The number of carbonyl (C=O) groups is 1. The second-order valence-corrected chi connectivity index (χ2v) is 5.16. The number of ether oxygens (including phenoxy) is 1. The van der Waals surface area contributed by atoms with Crippen LogP contribution >= 0.6 is 11.6 Å². The van der Waals surface area contributed by atoms with Crippen molar-refractivity contribution >= 4 is 23.6 Å². The number of amides is 1. The molecule has 0 fully saturated rings. The van der Waals surface area contributed by atoms with Crippen LogP contribution in [-0.4, -0.2) is 17.8 Å². The van der Waals surface area contributed by atoms with E-state index in [0.717, 1.165) is 5.56 Å². The number of benzene rings is 1. The van der Waals surface area contributed by atoms with E-state index in [4.69, 9.17) is 27.8 Å². The average molecular weight is 282 g/mol. The highest BCUT2D eigenvalue weighted by Gasteiger charge is 2.27. The number of para-hydroxylation sites is 1. The number of fused-ring (bicyclic) bond motifs is 1. The Balaban J connectivity index is 2.34. The maximum Gasteiger partial charge on any atom is 0.253 e. The first-order valence-electron chi connectivity index (χ1n) is 5.85. The van der Waals surface area contributed by atoms with Gasteiger partial charge in [0.1, 0.15) is 17.6 Å². The molecule has 0 aliphatic carbocycles. The van der Waals surface area contributed by atoms with E-state index in [1.54, 1.807) is 25.1 Å². The van der Waals surface area contributed by atoms with Crippen molar-refractivity contribution in [3.8, 4) is 5.75 Å². The molecule has 1 aliphatic heterocycles. The van der Waals surface area contributed by atoms with E-state index >= 15 is 0 Å². The Bertz CT molecular complexity index is 549. The first kappa shape index (κ1) is 13.9. The van der Waals surface area contributed by atoms with Crippen molar-refractivity contribution in [1.29, 1.82) is 0 Å². The van der Waals surface area contributed by atoms with Crippen molar-refractivity contribution in [2.75, 3.05) is 0 Å². The molecule has 1 heterocycles. The summed E-state index contributed by atoms with van der Waals surface area (Å²) in [4.78, 5) is 12.1. The third kappa shape index (κ3) is 3.07. The molecule has 5 nitrogen and oxygen atoms in total. The van der Waals surface area contributed by atoms with Gasteiger partial charge in [0.05, 0.1) is 10.6 Å². The summed E-state index contributed by atoms with van der Waals surface area (Å²) in [5, 5.41) is 3.02. The second kappa shape index (κ2) is 4.85. The fraction of sp³-hybridized carbons (Fsp3) is 0.308. The van der Waals surface area contributed by atoms with Gasteiger partial charge in [-0.05, 0) is 26.0 Å². The Kier molecular flexibility index (Phi) is 3.54. The molecule has 1 aromatic carbocycles. The van der Waals surface area contributed by atoms with Crippen LogP contribution in [-0.2, 0) is 4.79 Å². The maximum absolute atomic E-state index is 12.1. The highest BCUT2D eigenvalue weighted by atomic mass is 35.5. The lowest BCUT2D eigenvalue weighted by molar-refractivity contribution is -0.119. The van der Waals surface area contributed by atoms with Gasteiger partial charge in [-0.1, -0.05) is 23.7 Å². The fourth-order valence-corrected chi connectivity index (χ4v) is 2.08. The van der Waals surface area contributed by atoms with Crippen LogP contribution in [0.5, 0.6) is 5.75 Å². The Morgan fingerprint density at radius 1 is 1.47 bits per heavy atom. The van der Waals surface area contributed by atoms with Gasteiger partial charge in [-0.15, -0.1) is 0 Å². The zero-order valence-corrected chi connectivity index (χ0v) is 11.5. The summed E-state index contributed by atoms with van der Waals surface area (Å²) in [5.74, 6) is -1.05. The molecule has 1 aliphatic rings. The van der Waals surface area contributed by atoms with Crippen molar-refractivity contribution in [2.24, 2.45) is 11.5 Å². The molecule has 6 heteroatoms. The molecule has 1 amide bonds. The molecule has 0 radical (unpaired) electrons. The first-order valence-corrected chi connectivity index (χ1v) is 6.23. The Labute approximate surface area is 116 Å². The number of hydrogen-bond donors (Lipinski definition) is 3. The molecular formula is C13H16ClN3O2. The van der Waals surface area contributed by atoms with Gasteiger partial charge in [0.25, 0.3) is 5.91 Å². The lowest BCUT2D eigenvalue weighted by atomic mass is 10.0. The third-order valence-electron chi connectivity index (χ3n) is 2.69. The molecule has 0 saturated heterocycles. The highest BCUT2D eigenvalue weighted by molar-refractivity contribution is 6.32. The average Bonchev–Trinajstić information content (AvgIpc) is 2.27. The van der Waals surface area contributed by atoms with Gasteiger partial charge >= 0.3 is 0 Å². The van der Waals surface area contributed by atoms with E-state index in [1.807, 2.05) is 6.07 Å². The molecule has 0 saturated carbocycles. The van der Waals surface area contributed by atoms with Crippen LogP contribution in [0, 0.1) is 0 Å². The Hall–Kier alpha value is -1.56.